The lowest BCUT2D eigenvalue weighted by atomic mass is 10.1. The molecule has 0 radical (unpaired) electrons. The molecular formula is C15H22FNO2. The fourth-order valence-corrected chi connectivity index (χ4v) is 2.39. The van der Waals surface area contributed by atoms with E-state index in [1.807, 2.05) is 13.0 Å². The molecule has 0 bridgehead atoms. The van der Waals surface area contributed by atoms with Crippen molar-refractivity contribution in [2.24, 2.45) is 5.73 Å². The first kappa shape index (κ1) is 14.3. The lowest BCUT2D eigenvalue weighted by Crippen LogP contribution is -2.19. The van der Waals surface area contributed by atoms with E-state index in [9.17, 15) is 4.39 Å². The van der Waals surface area contributed by atoms with Crippen molar-refractivity contribution in [3.8, 4) is 5.75 Å². The minimum absolute atomic E-state index is 0.00802. The molecule has 4 heteroatoms. The topological polar surface area (TPSA) is 44.5 Å². The van der Waals surface area contributed by atoms with Gasteiger partial charge in [-0.15, -0.1) is 0 Å². The van der Waals surface area contributed by atoms with Crippen LogP contribution in [0.2, 0.25) is 0 Å². The third kappa shape index (κ3) is 4.48. The average Bonchev–Trinajstić information content (AvgIpc) is 2.71. The van der Waals surface area contributed by atoms with E-state index >= 15 is 0 Å². The first-order valence-corrected chi connectivity index (χ1v) is 6.86. The predicted molar refractivity (Wildman–Crippen MR) is 72.8 cm³/mol. The molecule has 0 saturated carbocycles. The van der Waals surface area contributed by atoms with Gasteiger partial charge in [-0.2, -0.15) is 0 Å². The first-order chi connectivity index (χ1) is 9.02. The number of benzene rings is 1. The molecule has 2 N–H and O–H groups in total. The fraction of sp³-hybridized carbons (Fsp3) is 0.600. The zero-order valence-corrected chi connectivity index (χ0v) is 11.6. The standard InChI is InChI=1S/C15H22FNO2/c1-10(17)5-12-6-13(16)8-15(7-12)18-9-14-4-3-11(2)19-14/h6-8,10-11,14H,3-5,9,17H2,1-2H3. The lowest BCUT2D eigenvalue weighted by molar-refractivity contribution is 0.0264. The van der Waals surface area contributed by atoms with Gasteiger partial charge in [-0.25, -0.2) is 4.39 Å². The molecule has 3 unspecified atom stereocenters. The van der Waals surface area contributed by atoms with E-state index in [1.165, 1.54) is 12.1 Å². The van der Waals surface area contributed by atoms with Crippen molar-refractivity contribution in [1.82, 2.24) is 0 Å². The van der Waals surface area contributed by atoms with Gasteiger partial charge in [0.2, 0.25) is 0 Å². The number of nitrogens with two attached hydrogens (primary N) is 1. The van der Waals surface area contributed by atoms with E-state index in [2.05, 4.69) is 6.92 Å². The predicted octanol–water partition coefficient (Wildman–Crippen LogP) is 2.66. The maximum atomic E-state index is 13.5. The molecule has 106 valence electrons. The molecule has 1 saturated heterocycles. The summed E-state index contributed by atoms with van der Waals surface area (Å²) in [6.45, 7) is 4.44. The Balaban J connectivity index is 1.94. The second kappa shape index (κ2) is 6.35. The Morgan fingerprint density at radius 3 is 2.84 bits per heavy atom. The molecule has 3 atom stereocenters. The summed E-state index contributed by atoms with van der Waals surface area (Å²) in [6.07, 6.45) is 3.13. The van der Waals surface area contributed by atoms with E-state index in [0.29, 0.717) is 24.9 Å². The normalized spacial score (nSPS) is 24.4. The highest BCUT2D eigenvalue weighted by atomic mass is 19.1. The van der Waals surface area contributed by atoms with Gasteiger partial charge in [0.1, 0.15) is 18.2 Å². The van der Waals surface area contributed by atoms with Gasteiger partial charge in [-0.05, 0) is 50.8 Å². The van der Waals surface area contributed by atoms with Gasteiger partial charge in [-0.1, -0.05) is 0 Å². The van der Waals surface area contributed by atoms with E-state index in [0.717, 1.165) is 18.4 Å². The van der Waals surface area contributed by atoms with Gasteiger partial charge in [0.15, 0.2) is 0 Å². The van der Waals surface area contributed by atoms with Crippen LogP contribution in [0.1, 0.15) is 32.3 Å². The van der Waals surface area contributed by atoms with Crippen LogP contribution in [-0.2, 0) is 11.2 Å². The van der Waals surface area contributed by atoms with E-state index in [1.54, 1.807) is 0 Å². The Hall–Kier alpha value is -1.13. The van der Waals surface area contributed by atoms with Gasteiger partial charge >= 0.3 is 0 Å². The summed E-state index contributed by atoms with van der Waals surface area (Å²) in [6, 6.07) is 4.77. The second-order valence-electron chi connectivity index (χ2n) is 5.43. The minimum Gasteiger partial charge on any atom is -0.491 e. The summed E-state index contributed by atoms with van der Waals surface area (Å²) < 4.78 is 24.8. The Morgan fingerprint density at radius 2 is 2.21 bits per heavy atom. The third-order valence-electron chi connectivity index (χ3n) is 3.24. The average molecular weight is 267 g/mol. The molecule has 3 nitrogen and oxygen atoms in total. The van der Waals surface area contributed by atoms with Crippen LogP contribution in [0.5, 0.6) is 5.75 Å². The zero-order valence-electron chi connectivity index (χ0n) is 11.6. The zero-order chi connectivity index (χ0) is 13.8. The van der Waals surface area contributed by atoms with Crippen LogP contribution in [0.3, 0.4) is 0 Å². The maximum absolute atomic E-state index is 13.5. The van der Waals surface area contributed by atoms with Crippen LogP contribution in [-0.4, -0.2) is 24.9 Å². The van der Waals surface area contributed by atoms with Gasteiger partial charge in [0.25, 0.3) is 0 Å². The number of hydrogen-bond acceptors (Lipinski definition) is 3. The number of rotatable bonds is 5. The molecule has 1 aliphatic rings. The summed E-state index contributed by atoms with van der Waals surface area (Å²) in [5.41, 5.74) is 6.60. The quantitative estimate of drug-likeness (QED) is 0.892. The molecule has 1 heterocycles. The molecule has 1 aromatic carbocycles. The van der Waals surface area contributed by atoms with Crippen LogP contribution in [0.4, 0.5) is 4.39 Å². The number of ether oxygens (including phenoxy) is 2. The van der Waals surface area contributed by atoms with Gasteiger partial charge in [0, 0.05) is 12.1 Å². The number of halogens is 1. The van der Waals surface area contributed by atoms with Gasteiger partial charge in [0.05, 0.1) is 12.2 Å². The smallest absolute Gasteiger partial charge is 0.127 e. The van der Waals surface area contributed by atoms with Crippen LogP contribution < -0.4 is 10.5 Å². The van der Waals surface area contributed by atoms with E-state index in [-0.39, 0.29) is 18.0 Å². The fourth-order valence-electron chi connectivity index (χ4n) is 2.39. The molecule has 0 aromatic heterocycles. The van der Waals surface area contributed by atoms with Crippen molar-refractivity contribution < 1.29 is 13.9 Å². The van der Waals surface area contributed by atoms with Crippen molar-refractivity contribution in [3.05, 3.63) is 29.6 Å². The van der Waals surface area contributed by atoms with Crippen LogP contribution in [0.25, 0.3) is 0 Å². The first-order valence-electron chi connectivity index (χ1n) is 6.86. The summed E-state index contributed by atoms with van der Waals surface area (Å²) >= 11 is 0. The SMILES string of the molecule is CC(N)Cc1cc(F)cc(OCC2CCC(C)O2)c1. The molecule has 19 heavy (non-hydrogen) atoms. The Labute approximate surface area is 113 Å². The molecule has 2 rings (SSSR count). The van der Waals surface area contributed by atoms with Gasteiger partial charge in [-0.3, -0.25) is 0 Å². The third-order valence-corrected chi connectivity index (χ3v) is 3.24. The van der Waals surface area contributed by atoms with E-state index in [4.69, 9.17) is 15.2 Å². The van der Waals surface area contributed by atoms with Gasteiger partial charge < -0.3 is 15.2 Å². The molecule has 0 spiro atoms. The summed E-state index contributed by atoms with van der Waals surface area (Å²) in [5.74, 6) is 0.271. The second-order valence-corrected chi connectivity index (χ2v) is 5.43. The van der Waals surface area contributed by atoms with Crippen LogP contribution in [0, 0.1) is 5.82 Å². The lowest BCUT2D eigenvalue weighted by Gasteiger charge is -2.14. The molecule has 0 amide bonds. The van der Waals surface area contributed by atoms with Crippen molar-refractivity contribution >= 4 is 0 Å². The maximum Gasteiger partial charge on any atom is 0.127 e. The van der Waals surface area contributed by atoms with Crippen LogP contribution >= 0.6 is 0 Å². The van der Waals surface area contributed by atoms with Crippen molar-refractivity contribution in [2.45, 2.75) is 51.4 Å². The molecule has 1 aliphatic heterocycles. The highest BCUT2D eigenvalue weighted by molar-refractivity contribution is 5.30. The minimum atomic E-state index is -0.283. The monoisotopic (exact) mass is 267 g/mol. The Kier molecular flexibility index (Phi) is 4.77. The number of hydrogen-bond donors (Lipinski definition) is 1. The molecule has 1 aromatic rings. The molecule has 0 aliphatic carbocycles. The summed E-state index contributed by atoms with van der Waals surface area (Å²) in [7, 11) is 0. The van der Waals surface area contributed by atoms with E-state index < -0.39 is 0 Å². The molecule has 1 fully saturated rings. The Morgan fingerprint density at radius 1 is 1.42 bits per heavy atom. The summed E-state index contributed by atoms with van der Waals surface area (Å²) in [5, 5.41) is 0. The van der Waals surface area contributed by atoms with Crippen molar-refractivity contribution in [1.29, 1.82) is 0 Å². The Bertz CT molecular complexity index is 423. The van der Waals surface area contributed by atoms with Crippen molar-refractivity contribution in [3.63, 3.8) is 0 Å². The van der Waals surface area contributed by atoms with Crippen molar-refractivity contribution in [2.75, 3.05) is 6.61 Å². The molecular weight excluding hydrogens is 245 g/mol. The summed E-state index contributed by atoms with van der Waals surface area (Å²) in [4.78, 5) is 0. The largest absolute Gasteiger partial charge is 0.491 e. The highest BCUT2D eigenvalue weighted by Gasteiger charge is 2.22. The highest BCUT2D eigenvalue weighted by Crippen LogP contribution is 2.22. The van der Waals surface area contributed by atoms with Crippen LogP contribution in [0.15, 0.2) is 18.2 Å².